The molecule has 1 heterocycles. The fourth-order valence-electron chi connectivity index (χ4n) is 2.68. The minimum atomic E-state index is -0.659. The number of nitriles is 2. The van der Waals surface area contributed by atoms with E-state index in [4.69, 9.17) is 10.5 Å². The van der Waals surface area contributed by atoms with Crippen molar-refractivity contribution in [2.45, 2.75) is 6.61 Å². The van der Waals surface area contributed by atoms with Gasteiger partial charge in [0.1, 0.15) is 41.4 Å². The standard InChI is InChI=1S/C20H12Br2N4O2/c21-12-3-1-11(2-4-12)10-28-17-6-5-13(22)7-14(17)18-15(8-23)19(25)26-20(27)16(18)9-24/h1-7H,10H2,(H3,25,26,27). The summed E-state index contributed by atoms with van der Waals surface area (Å²) in [5.41, 5.74) is 6.49. The number of benzene rings is 2. The van der Waals surface area contributed by atoms with Crippen LogP contribution in [0.1, 0.15) is 16.7 Å². The summed E-state index contributed by atoms with van der Waals surface area (Å²) < 4.78 is 7.60. The number of nitrogens with zero attached hydrogens (tertiary/aromatic N) is 2. The van der Waals surface area contributed by atoms with Crippen molar-refractivity contribution in [3.8, 4) is 29.0 Å². The van der Waals surface area contributed by atoms with Gasteiger partial charge in [0.25, 0.3) is 5.56 Å². The van der Waals surface area contributed by atoms with Gasteiger partial charge >= 0.3 is 0 Å². The van der Waals surface area contributed by atoms with Crippen molar-refractivity contribution in [3.05, 3.63) is 78.5 Å². The first kappa shape index (κ1) is 19.7. The second-order valence-electron chi connectivity index (χ2n) is 5.77. The number of H-pyrrole nitrogens is 1. The van der Waals surface area contributed by atoms with Gasteiger partial charge in [-0.15, -0.1) is 0 Å². The molecule has 0 saturated heterocycles. The van der Waals surface area contributed by atoms with Crippen molar-refractivity contribution in [1.82, 2.24) is 4.98 Å². The van der Waals surface area contributed by atoms with Gasteiger partial charge in [-0.3, -0.25) is 4.79 Å². The number of rotatable bonds is 4. The van der Waals surface area contributed by atoms with Crippen molar-refractivity contribution in [2.24, 2.45) is 0 Å². The summed E-state index contributed by atoms with van der Waals surface area (Å²) >= 11 is 6.77. The molecule has 2 aromatic carbocycles. The smallest absolute Gasteiger partial charge is 0.268 e. The zero-order valence-corrected chi connectivity index (χ0v) is 17.5. The molecule has 0 aliphatic heterocycles. The first-order valence-electron chi connectivity index (χ1n) is 7.97. The number of pyridine rings is 1. The van der Waals surface area contributed by atoms with Crippen LogP contribution in [0.5, 0.6) is 5.75 Å². The average Bonchev–Trinajstić information content (AvgIpc) is 2.67. The van der Waals surface area contributed by atoms with E-state index in [1.54, 1.807) is 18.2 Å². The molecule has 3 N–H and O–H groups in total. The lowest BCUT2D eigenvalue weighted by molar-refractivity contribution is 0.307. The number of halogens is 2. The quantitative estimate of drug-likeness (QED) is 0.549. The van der Waals surface area contributed by atoms with E-state index < -0.39 is 5.56 Å². The van der Waals surface area contributed by atoms with Crippen LogP contribution < -0.4 is 16.0 Å². The zero-order chi connectivity index (χ0) is 20.3. The molecule has 28 heavy (non-hydrogen) atoms. The summed E-state index contributed by atoms with van der Waals surface area (Å²) in [5, 5.41) is 19.0. The van der Waals surface area contributed by atoms with Gasteiger partial charge in [-0.05, 0) is 35.9 Å². The van der Waals surface area contributed by atoms with E-state index in [9.17, 15) is 15.3 Å². The van der Waals surface area contributed by atoms with E-state index in [-0.39, 0.29) is 29.1 Å². The summed E-state index contributed by atoms with van der Waals surface area (Å²) in [6.45, 7) is 0.268. The van der Waals surface area contributed by atoms with Crippen molar-refractivity contribution in [1.29, 1.82) is 10.5 Å². The Morgan fingerprint density at radius 2 is 1.64 bits per heavy atom. The van der Waals surface area contributed by atoms with Crippen molar-refractivity contribution < 1.29 is 4.74 Å². The number of nitrogen functional groups attached to an aromatic ring is 1. The number of ether oxygens (including phenoxy) is 1. The van der Waals surface area contributed by atoms with Crippen LogP contribution in [0.3, 0.4) is 0 Å². The van der Waals surface area contributed by atoms with E-state index in [0.29, 0.717) is 15.8 Å². The number of hydrogen-bond donors (Lipinski definition) is 2. The van der Waals surface area contributed by atoms with Gasteiger partial charge in [0.2, 0.25) is 0 Å². The predicted molar refractivity (Wildman–Crippen MR) is 113 cm³/mol. The maximum absolute atomic E-state index is 12.2. The van der Waals surface area contributed by atoms with Crippen molar-refractivity contribution in [2.75, 3.05) is 5.73 Å². The molecule has 138 valence electrons. The van der Waals surface area contributed by atoms with Crippen LogP contribution in [-0.2, 0) is 6.61 Å². The Bertz CT molecular complexity index is 1190. The molecule has 1 aromatic heterocycles. The third-order valence-corrected chi connectivity index (χ3v) is 5.01. The van der Waals surface area contributed by atoms with Gasteiger partial charge in [-0.25, -0.2) is 0 Å². The lowest BCUT2D eigenvalue weighted by Gasteiger charge is -2.15. The number of anilines is 1. The van der Waals surface area contributed by atoms with Gasteiger partial charge < -0.3 is 15.5 Å². The van der Waals surface area contributed by atoms with E-state index in [1.807, 2.05) is 36.4 Å². The Morgan fingerprint density at radius 3 is 2.29 bits per heavy atom. The lowest BCUT2D eigenvalue weighted by Crippen LogP contribution is -2.16. The average molecular weight is 500 g/mol. The highest BCUT2D eigenvalue weighted by atomic mass is 79.9. The molecule has 0 spiro atoms. The normalized spacial score (nSPS) is 10.1. The van der Waals surface area contributed by atoms with Crippen LogP contribution in [0.25, 0.3) is 11.1 Å². The topological polar surface area (TPSA) is 116 Å². The molecule has 0 atom stereocenters. The largest absolute Gasteiger partial charge is 0.488 e. The molecule has 3 rings (SSSR count). The molecule has 0 saturated carbocycles. The number of nitrogens with two attached hydrogens (primary N) is 1. The molecule has 0 bridgehead atoms. The minimum absolute atomic E-state index is 0.0164. The summed E-state index contributed by atoms with van der Waals surface area (Å²) in [4.78, 5) is 14.6. The molecular formula is C20H12Br2N4O2. The number of hydrogen-bond acceptors (Lipinski definition) is 5. The molecule has 0 aliphatic carbocycles. The summed E-state index contributed by atoms with van der Waals surface area (Å²) in [7, 11) is 0. The van der Waals surface area contributed by atoms with Crippen molar-refractivity contribution in [3.63, 3.8) is 0 Å². The fraction of sp³-hybridized carbons (Fsp3) is 0.0500. The first-order chi connectivity index (χ1) is 13.4. The van der Waals surface area contributed by atoms with Crippen LogP contribution in [0.4, 0.5) is 5.82 Å². The predicted octanol–water partition coefficient (Wildman–Crippen LogP) is 4.47. The summed E-state index contributed by atoms with van der Waals surface area (Å²) in [5.74, 6) is 0.324. The third-order valence-electron chi connectivity index (χ3n) is 3.99. The minimum Gasteiger partial charge on any atom is -0.488 e. The molecule has 0 unspecified atom stereocenters. The molecule has 8 heteroatoms. The highest BCUT2D eigenvalue weighted by molar-refractivity contribution is 9.10. The maximum Gasteiger partial charge on any atom is 0.268 e. The maximum atomic E-state index is 12.2. The Morgan fingerprint density at radius 1 is 1.00 bits per heavy atom. The van der Waals surface area contributed by atoms with E-state index in [2.05, 4.69) is 36.8 Å². The van der Waals surface area contributed by atoms with Crippen LogP contribution in [0.15, 0.2) is 56.2 Å². The van der Waals surface area contributed by atoms with Gasteiger partial charge in [0.05, 0.1) is 0 Å². The van der Waals surface area contributed by atoms with Gasteiger partial charge in [-0.1, -0.05) is 44.0 Å². The lowest BCUT2D eigenvalue weighted by atomic mass is 9.96. The van der Waals surface area contributed by atoms with Crippen LogP contribution in [-0.4, -0.2) is 4.98 Å². The molecule has 0 radical (unpaired) electrons. The molecule has 3 aromatic rings. The second-order valence-corrected chi connectivity index (χ2v) is 7.60. The highest BCUT2D eigenvalue weighted by Gasteiger charge is 2.21. The third kappa shape index (κ3) is 3.94. The van der Waals surface area contributed by atoms with Gasteiger partial charge in [0.15, 0.2) is 0 Å². The van der Waals surface area contributed by atoms with Crippen LogP contribution in [0.2, 0.25) is 0 Å². The Balaban J connectivity index is 2.15. The number of nitrogens with one attached hydrogen (secondary N) is 1. The second kappa shape index (κ2) is 8.30. The van der Waals surface area contributed by atoms with Crippen LogP contribution in [0, 0.1) is 22.7 Å². The molecule has 0 fully saturated rings. The van der Waals surface area contributed by atoms with Gasteiger partial charge in [0, 0.05) is 20.1 Å². The summed E-state index contributed by atoms with van der Waals surface area (Å²) in [6.07, 6.45) is 0. The Labute approximate surface area is 177 Å². The molecule has 6 nitrogen and oxygen atoms in total. The monoisotopic (exact) mass is 498 g/mol. The van der Waals surface area contributed by atoms with E-state index in [1.165, 1.54) is 0 Å². The van der Waals surface area contributed by atoms with Gasteiger partial charge in [-0.2, -0.15) is 10.5 Å². The number of aromatic nitrogens is 1. The fourth-order valence-corrected chi connectivity index (χ4v) is 3.30. The van der Waals surface area contributed by atoms with E-state index >= 15 is 0 Å². The molecular weight excluding hydrogens is 488 g/mol. The van der Waals surface area contributed by atoms with Crippen LogP contribution >= 0.6 is 31.9 Å². The molecule has 0 aliphatic rings. The SMILES string of the molecule is N#Cc1c(N)[nH]c(=O)c(C#N)c1-c1cc(Br)ccc1OCc1ccc(Br)cc1. The Hall–Kier alpha value is -3.07. The first-order valence-corrected chi connectivity index (χ1v) is 9.56. The van der Waals surface area contributed by atoms with E-state index in [0.717, 1.165) is 10.0 Å². The number of aromatic amines is 1. The molecule has 0 amide bonds. The summed E-state index contributed by atoms with van der Waals surface area (Å²) in [6, 6.07) is 16.6. The zero-order valence-electron chi connectivity index (χ0n) is 14.3. The highest BCUT2D eigenvalue weighted by Crippen LogP contribution is 2.37. The van der Waals surface area contributed by atoms with Crippen molar-refractivity contribution >= 4 is 37.7 Å². The Kier molecular flexibility index (Phi) is 5.84.